The zero-order valence-corrected chi connectivity index (χ0v) is 11.5. The van der Waals surface area contributed by atoms with Crippen LogP contribution in [0.5, 0.6) is 5.75 Å². The Bertz CT molecular complexity index is 491. The lowest BCUT2D eigenvalue weighted by atomic mass is 9.95. The number of benzene rings is 1. The maximum absolute atomic E-state index is 12.4. The number of carbonyl (C=O) groups is 1. The van der Waals surface area contributed by atoms with E-state index < -0.39 is 12.6 Å². The van der Waals surface area contributed by atoms with Gasteiger partial charge in [0.1, 0.15) is 5.75 Å². The van der Waals surface area contributed by atoms with Crippen LogP contribution in [0, 0.1) is 0 Å². The Labute approximate surface area is 116 Å². The SMILES string of the molecule is CC(C)c1cc(OC(F)F)cc(C2CC2)c1NC(N)=O. The third-order valence-electron chi connectivity index (χ3n) is 3.29. The Morgan fingerprint density at radius 1 is 1.40 bits per heavy atom. The standard InChI is InChI=1S/C14H18F2N2O2/c1-7(2)10-5-9(20-13(15)16)6-11(8-3-4-8)12(10)18-14(17)19/h5-8,13H,3-4H2,1-2H3,(H3,17,18,19). The maximum Gasteiger partial charge on any atom is 0.387 e. The molecule has 1 aromatic rings. The minimum atomic E-state index is -2.86. The van der Waals surface area contributed by atoms with Gasteiger partial charge in [-0.05, 0) is 47.9 Å². The molecule has 4 nitrogen and oxygen atoms in total. The van der Waals surface area contributed by atoms with Crippen LogP contribution in [0.3, 0.4) is 0 Å². The molecule has 0 bridgehead atoms. The van der Waals surface area contributed by atoms with Crippen molar-refractivity contribution in [2.75, 3.05) is 5.32 Å². The predicted octanol–water partition coefficient (Wildman–Crippen LogP) is 3.78. The minimum Gasteiger partial charge on any atom is -0.435 e. The van der Waals surface area contributed by atoms with Gasteiger partial charge < -0.3 is 15.8 Å². The number of nitrogens with one attached hydrogen (secondary N) is 1. The fraction of sp³-hybridized carbons (Fsp3) is 0.500. The van der Waals surface area contributed by atoms with Crippen molar-refractivity contribution >= 4 is 11.7 Å². The Hall–Kier alpha value is -1.85. The summed E-state index contributed by atoms with van der Waals surface area (Å²) in [6.07, 6.45) is 1.95. The molecule has 1 fully saturated rings. The second-order valence-electron chi connectivity index (χ2n) is 5.27. The molecular weight excluding hydrogens is 266 g/mol. The summed E-state index contributed by atoms with van der Waals surface area (Å²) in [7, 11) is 0. The van der Waals surface area contributed by atoms with Crippen LogP contribution in [-0.4, -0.2) is 12.6 Å². The summed E-state index contributed by atoms with van der Waals surface area (Å²) < 4.78 is 29.3. The molecule has 1 aliphatic rings. The second kappa shape index (κ2) is 5.64. The van der Waals surface area contributed by atoms with E-state index in [1.165, 1.54) is 6.07 Å². The fourth-order valence-electron chi connectivity index (χ4n) is 2.27. The number of rotatable bonds is 5. The van der Waals surface area contributed by atoms with Crippen molar-refractivity contribution in [2.24, 2.45) is 5.73 Å². The first kappa shape index (κ1) is 14.6. The van der Waals surface area contributed by atoms with Gasteiger partial charge in [0.25, 0.3) is 0 Å². The molecular formula is C14H18F2N2O2. The molecule has 0 atom stereocenters. The van der Waals surface area contributed by atoms with E-state index in [0.717, 1.165) is 24.0 Å². The van der Waals surface area contributed by atoms with Crippen molar-refractivity contribution in [3.05, 3.63) is 23.3 Å². The van der Waals surface area contributed by atoms with E-state index >= 15 is 0 Å². The molecule has 1 saturated carbocycles. The predicted molar refractivity (Wildman–Crippen MR) is 72.3 cm³/mol. The number of anilines is 1. The number of amides is 2. The van der Waals surface area contributed by atoms with Crippen LogP contribution in [0.2, 0.25) is 0 Å². The third-order valence-corrected chi connectivity index (χ3v) is 3.29. The van der Waals surface area contributed by atoms with Gasteiger partial charge in [-0.2, -0.15) is 8.78 Å². The molecule has 0 saturated heterocycles. The molecule has 110 valence electrons. The van der Waals surface area contributed by atoms with Gasteiger partial charge in [-0.15, -0.1) is 0 Å². The van der Waals surface area contributed by atoms with Crippen molar-refractivity contribution in [1.82, 2.24) is 0 Å². The number of hydrogen-bond donors (Lipinski definition) is 2. The first-order valence-corrected chi connectivity index (χ1v) is 6.57. The molecule has 20 heavy (non-hydrogen) atoms. The van der Waals surface area contributed by atoms with Gasteiger partial charge in [0.05, 0.1) is 0 Å². The molecule has 1 aliphatic carbocycles. The number of nitrogens with two attached hydrogens (primary N) is 1. The van der Waals surface area contributed by atoms with Gasteiger partial charge in [-0.3, -0.25) is 0 Å². The lowest BCUT2D eigenvalue weighted by molar-refractivity contribution is -0.0499. The number of hydrogen-bond acceptors (Lipinski definition) is 2. The van der Waals surface area contributed by atoms with Gasteiger partial charge >= 0.3 is 12.6 Å². The summed E-state index contributed by atoms with van der Waals surface area (Å²) in [6, 6.07) is 2.45. The van der Waals surface area contributed by atoms with Crippen molar-refractivity contribution in [2.45, 2.75) is 45.1 Å². The van der Waals surface area contributed by atoms with Crippen LogP contribution in [0.4, 0.5) is 19.3 Å². The molecule has 3 N–H and O–H groups in total. The smallest absolute Gasteiger partial charge is 0.387 e. The summed E-state index contributed by atoms with van der Waals surface area (Å²) in [4.78, 5) is 11.2. The van der Waals surface area contributed by atoms with Crippen molar-refractivity contribution in [3.8, 4) is 5.75 Å². The molecule has 0 heterocycles. The van der Waals surface area contributed by atoms with Gasteiger partial charge in [0.15, 0.2) is 0 Å². The molecule has 0 aromatic heterocycles. The monoisotopic (exact) mass is 284 g/mol. The van der Waals surface area contributed by atoms with Crippen LogP contribution in [-0.2, 0) is 0 Å². The highest BCUT2D eigenvalue weighted by Crippen LogP contribution is 2.47. The van der Waals surface area contributed by atoms with E-state index in [9.17, 15) is 13.6 Å². The first-order valence-electron chi connectivity index (χ1n) is 6.57. The molecule has 6 heteroatoms. The average molecular weight is 284 g/mol. The molecule has 0 aliphatic heterocycles. The van der Waals surface area contributed by atoms with Gasteiger partial charge in [0, 0.05) is 5.69 Å². The van der Waals surface area contributed by atoms with Crippen LogP contribution >= 0.6 is 0 Å². The highest BCUT2D eigenvalue weighted by atomic mass is 19.3. The lowest BCUT2D eigenvalue weighted by Gasteiger charge is -2.19. The van der Waals surface area contributed by atoms with E-state index in [1.807, 2.05) is 13.8 Å². The molecule has 2 rings (SSSR count). The number of carbonyl (C=O) groups excluding carboxylic acids is 1. The van der Waals surface area contributed by atoms with E-state index in [1.54, 1.807) is 6.07 Å². The van der Waals surface area contributed by atoms with Crippen LogP contribution in [0.15, 0.2) is 12.1 Å². The van der Waals surface area contributed by atoms with Gasteiger partial charge in [0.2, 0.25) is 0 Å². The number of halogens is 2. The zero-order chi connectivity index (χ0) is 14.9. The number of primary amides is 1. The first-order chi connectivity index (χ1) is 9.38. The Balaban J connectivity index is 2.48. The lowest BCUT2D eigenvalue weighted by Crippen LogP contribution is -2.21. The summed E-state index contributed by atoms with van der Waals surface area (Å²) in [6.45, 7) is 0.978. The molecule has 2 amide bonds. The normalized spacial score (nSPS) is 14.7. The van der Waals surface area contributed by atoms with Gasteiger partial charge in [-0.25, -0.2) is 4.79 Å². The molecule has 0 radical (unpaired) electrons. The van der Waals surface area contributed by atoms with E-state index in [-0.39, 0.29) is 17.6 Å². The van der Waals surface area contributed by atoms with Crippen LogP contribution < -0.4 is 15.8 Å². The highest BCUT2D eigenvalue weighted by Gasteiger charge is 2.29. The van der Waals surface area contributed by atoms with Gasteiger partial charge in [-0.1, -0.05) is 13.8 Å². The molecule has 0 unspecified atom stereocenters. The Morgan fingerprint density at radius 3 is 2.50 bits per heavy atom. The second-order valence-corrected chi connectivity index (χ2v) is 5.27. The average Bonchev–Trinajstić information content (AvgIpc) is 3.12. The van der Waals surface area contributed by atoms with E-state index in [0.29, 0.717) is 5.69 Å². The number of ether oxygens (including phenoxy) is 1. The van der Waals surface area contributed by atoms with E-state index in [4.69, 9.17) is 5.73 Å². The fourth-order valence-corrected chi connectivity index (χ4v) is 2.27. The Morgan fingerprint density at radius 2 is 2.05 bits per heavy atom. The number of alkyl halides is 2. The zero-order valence-electron chi connectivity index (χ0n) is 11.5. The summed E-state index contributed by atoms with van der Waals surface area (Å²) in [5.74, 6) is 0.451. The largest absolute Gasteiger partial charge is 0.435 e. The molecule has 0 spiro atoms. The van der Waals surface area contributed by atoms with Crippen LogP contribution in [0.1, 0.15) is 49.7 Å². The van der Waals surface area contributed by atoms with Crippen molar-refractivity contribution in [3.63, 3.8) is 0 Å². The minimum absolute atomic E-state index is 0.0515. The Kier molecular flexibility index (Phi) is 4.11. The van der Waals surface area contributed by atoms with E-state index in [2.05, 4.69) is 10.1 Å². The topological polar surface area (TPSA) is 64.3 Å². The third kappa shape index (κ3) is 3.37. The number of urea groups is 1. The molecule has 1 aromatic carbocycles. The van der Waals surface area contributed by atoms with Crippen molar-refractivity contribution < 1.29 is 18.3 Å². The summed E-state index contributed by atoms with van der Waals surface area (Å²) >= 11 is 0. The summed E-state index contributed by atoms with van der Waals surface area (Å²) in [5.41, 5.74) is 7.41. The van der Waals surface area contributed by atoms with Crippen LogP contribution in [0.25, 0.3) is 0 Å². The summed E-state index contributed by atoms with van der Waals surface area (Å²) in [5, 5.41) is 2.62. The maximum atomic E-state index is 12.4. The van der Waals surface area contributed by atoms with Crippen molar-refractivity contribution in [1.29, 1.82) is 0 Å². The quantitative estimate of drug-likeness (QED) is 0.864. The highest BCUT2D eigenvalue weighted by molar-refractivity contribution is 5.90.